The highest BCUT2D eigenvalue weighted by molar-refractivity contribution is 4.73. The summed E-state index contributed by atoms with van der Waals surface area (Å²) in [6, 6.07) is 0.606. The summed E-state index contributed by atoms with van der Waals surface area (Å²) < 4.78 is 11.1. The Morgan fingerprint density at radius 2 is 1.87 bits per heavy atom. The standard InChI is InChI=1S/C12H25NO2/c1-5-11(10(2)3)13-7-6-12(4)14-8-9-15-12/h10-11,13H,5-9H2,1-4H3. The summed E-state index contributed by atoms with van der Waals surface area (Å²) in [5.74, 6) is 0.343. The van der Waals surface area contributed by atoms with Crippen LogP contribution < -0.4 is 5.32 Å². The van der Waals surface area contributed by atoms with Gasteiger partial charge in [0.1, 0.15) is 0 Å². The van der Waals surface area contributed by atoms with Gasteiger partial charge in [0.15, 0.2) is 5.79 Å². The molecule has 0 aliphatic carbocycles. The Hall–Kier alpha value is -0.120. The second kappa shape index (κ2) is 5.83. The molecule has 1 atom stereocenters. The highest BCUT2D eigenvalue weighted by atomic mass is 16.7. The highest BCUT2D eigenvalue weighted by Crippen LogP contribution is 2.21. The van der Waals surface area contributed by atoms with Crippen molar-refractivity contribution in [3.8, 4) is 0 Å². The minimum atomic E-state index is -0.345. The first kappa shape index (κ1) is 12.9. The smallest absolute Gasteiger partial charge is 0.166 e. The van der Waals surface area contributed by atoms with Gasteiger partial charge in [0.05, 0.1) is 13.2 Å². The average molecular weight is 215 g/mol. The molecule has 1 aliphatic rings. The van der Waals surface area contributed by atoms with Gasteiger partial charge in [0.25, 0.3) is 0 Å². The van der Waals surface area contributed by atoms with Crippen molar-refractivity contribution in [2.75, 3.05) is 19.8 Å². The van der Waals surface area contributed by atoms with Crippen LogP contribution in [0.5, 0.6) is 0 Å². The molecule has 1 aliphatic heterocycles. The molecule has 90 valence electrons. The molecular formula is C12H25NO2. The molecule has 1 unspecified atom stereocenters. The lowest BCUT2D eigenvalue weighted by molar-refractivity contribution is -0.145. The fourth-order valence-corrected chi connectivity index (χ4v) is 2.04. The number of rotatable bonds is 6. The van der Waals surface area contributed by atoms with Gasteiger partial charge in [-0.2, -0.15) is 0 Å². The van der Waals surface area contributed by atoms with Gasteiger partial charge in [-0.1, -0.05) is 20.8 Å². The maximum Gasteiger partial charge on any atom is 0.166 e. The van der Waals surface area contributed by atoms with E-state index in [0.29, 0.717) is 12.0 Å². The lowest BCUT2D eigenvalue weighted by Crippen LogP contribution is -2.38. The summed E-state index contributed by atoms with van der Waals surface area (Å²) in [4.78, 5) is 0. The Kier molecular flexibility index (Phi) is 5.03. The molecule has 15 heavy (non-hydrogen) atoms. The minimum Gasteiger partial charge on any atom is -0.348 e. The lowest BCUT2D eigenvalue weighted by Gasteiger charge is -2.25. The van der Waals surface area contributed by atoms with E-state index < -0.39 is 0 Å². The Bertz CT molecular complexity index is 176. The van der Waals surface area contributed by atoms with Gasteiger partial charge in [-0.25, -0.2) is 0 Å². The van der Waals surface area contributed by atoms with Crippen molar-refractivity contribution in [1.82, 2.24) is 5.32 Å². The van der Waals surface area contributed by atoms with Crippen LogP contribution in [-0.2, 0) is 9.47 Å². The van der Waals surface area contributed by atoms with Crippen LogP contribution in [0.4, 0.5) is 0 Å². The van der Waals surface area contributed by atoms with Crippen LogP contribution in [0.1, 0.15) is 40.5 Å². The minimum absolute atomic E-state index is 0.345. The molecule has 1 saturated heterocycles. The summed E-state index contributed by atoms with van der Waals surface area (Å²) in [6.07, 6.45) is 2.10. The van der Waals surface area contributed by atoms with Crippen molar-refractivity contribution < 1.29 is 9.47 Å². The summed E-state index contributed by atoms with van der Waals surface area (Å²) in [5, 5.41) is 3.56. The SMILES string of the molecule is CCC(NCCC1(C)OCCO1)C(C)C. The third-order valence-electron chi connectivity index (χ3n) is 3.13. The van der Waals surface area contributed by atoms with Crippen molar-refractivity contribution in [1.29, 1.82) is 0 Å². The number of nitrogens with one attached hydrogen (secondary N) is 1. The van der Waals surface area contributed by atoms with Crippen LogP contribution in [0.15, 0.2) is 0 Å². The van der Waals surface area contributed by atoms with Crippen molar-refractivity contribution in [3.63, 3.8) is 0 Å². The predicted molar refractivity (Wildman–Crippen MR) is 61.8 cm³/mol. The van der Waals surface area contributed by atoms with E-state index in [-0.39, 0.29) is 5.79 Å². The molecular weight excluding hydrogens is 190 g/mol. The van der Waals surface area contributed by atoms with E-state index in [1.54, 1.807) is 0 Å². The molecule has 1 fully saturated rings. The zero-order chi connectivity index (χ0) is 11.3. The maximum absolute atomic E-state index is 5.55. The number of hydrogen-bond acceptors (Lipinski definition) is 3. The Labute approximate surface area is 93.5 Å². The molecule has 0 aromatic carbocycles. The topological polar surface area (TPSA) is 30.5 Å². The Morgan fingerprint density at radius 3 is 2.33 bits per heavy atom. The molecule has 1 N–H and O–H groups in total. The molecule has 0 saturated carbocycles. The molecule has 0 amide bonds. The monoisotopic (exact) mass is 215 g/mol. The van der Waals surface area contributed by atoms with Gasteiger partial charge in [0.2, 0.25) is 0 Å². The summed E-state index contributed by atoms with van der Waals surface area (Å²) >= 11 is 0. The predicted octanol–water partition coefficient (Wildman–Crippen LogP) is 2.16. The Morgan fingerprint density at radius 1 is 1.27 bits per heavy atom. The zero-order valence-electron chi connectivity index (χ0n) is 10.5. The van der Waals surface area contributed by atoms with E-state index in [4.69, 9.17) is 9.47 Å². The maximum atomic E-state index is 5.55. The van der Waals surface area contributed by atoms with Gasteiger partial charge in [-0.15, -0.1) is 0 Å². The van der Waals surface area contributed by atoms with E-state index in [1.165, 1.54) is 6.42 Å². The molecule has 0 radical (unpaired) electrons. The fourth-order valence-electron chi connectivity index (χ4n) is 2.04. The summed E-state index contributed by atoms with van der Waals surface area (Å²) in [7, 11) is 0. The normalized spacial score (nSPS) is 22.2. The largest absolute Gasteiger partial charge is 0.348 e. The van der Waals surface area contributed by atoms with Crippen LogP contribution in [0, 0.1) is 5.92 Å². The molecule has 0 bridgehead atoms. The average Bonchev–Trinajstić information content (AvgIpc) is 2.60. The molecule has 0 aromatic heterocycles. The molecule has 3 heteroatoms. The molecule has 1 rings (SSSR count). The van der Waals surface area contributed by atoms with E-state index in [0.717, 1.165) is 26.2 Å². The van der Waals surface area contributed by atoms with Crippen LogP contribution >= 0.6 is 0 Å². The second-order valence-electron chi connectivity index (χ2n) is 4.79. The van der Waals surface area contributed by atoms with Crippen LogP contribution in [-0.4, -0.2) is 31.6 Å². The van der Waals surface area contributed by atoms with Crippen LogP contribution in [0.25, 0.3) is 0 Å². The van der Waals surface area contributed by atoms with Crippen LogP contribution in [0.2, 0.25) is 0 Å². The highest BCUT2D eigenvalue weighted by Gasteiger charge is 2.30. The number of ether oxygens (including phenoxy) is 2. The summed E-state index contributed by atoms with van der Waals surface area (Å²) in [5.41, 5.74) is 0. The van der Waals surface area contributed by atoms with Crippen molar-refractivity contribution in [2.45, 2.75) is 52.4 Å². The second-order valence-corrected chi connectivity index (χ2v) is 4.79. The van der Waals surface area contributed by atoms with Gasteiger partial charge in [-0.3, -0.25) is 0 Å². The van der Waals surface area contributed by atoms with Gasteiger partial charge in [-0.05, 0) is 19.3 Å². The van der Waals surface area contributed by atoms with E-state index in [1.807, 2.05) is 6.92 Å². The molecule has 3 nitrogen and oxygen atoms in total. The lowest BCUT2D eigenvalue weighted by atomic mass is 10.0. The Balaban J connectivity index is 2.19. The van der Waals surface area contributed by atoms with Crippen molar-refractivity contribution in [3.05, 3.63) is 0 Å². The molecule has 1 heterocycles. The van der Waals surface area contributed by atoms with E-state index in [2.05, 4.69) is 26.1 Å². The summed E-state index contributed by atoms with van der Waals surface area (Å²) in [6.45, 7) is 11.2. The van der Waals surface area contributed by atoms with E-state index in [9.17, 15) is 0 Å². The third-order valence-corrected chi connectivity index (χ3v) is 3.13. The molecule has 0 aromatic rings. The van der Waals surface area contributed by atoms with Crippen molar-refractivity contribution >= 4 is 0 Å². The molecule has 0 spiro atoms. The number of hydrogen-bond donors (Lipinski definition) is 1. The van der Waals surface area contributed by atoms with Crippen LogP contribution in [0.3, 0.4) is 0 Å². The van der Waals surface area contributed by atoms with Gasteiger partial charge >= 0.3 is 0 Å². The van der Waals surface area contributed by atoms with Crippen molar-refractivity contribution in [2.24, 2.45) is 5.92 Å². The fraction of sp³-hybridized carbons (Fsp3) is 1.00. The first-order chi connectivity index (χ1) is 7.07. The van der Waals surface area contributed by atoms with Gasteiger partial charge < -0.3 is 14.8 Å². The first-order valence-corrected chi connectivity index (χ1v) is 6.08. The zero-order valence-corrected chi connectivity index (χ0v) is 10.5. The quantitative estimate of drug-likeness (QED) is 0.736. The van der Waals surface area contributed by atoms with Gasteiger partial charge in [0, 0.05) is 19.0 Å². The first-order valence-electron chi connectivity index (χ1n) is 6.08. The van der Waals surface area contributed by atoms with E-state index >= 15 is 0 Å². The third kappa shape index (κ3) is 4.09.